The molecule has 2 aromatic rings. The normalized spacial score (nSPS) is 10.5. The van der Waals surface area contributed by atoms with Gasteiger partial charge in [0.25, 0.3) is 0 Å². The van der Waals surface area contributed by atoms with E-state index in [0.717, 1.165) is 22.7 Å². The van der Waals surface area contributed by atoms with E-state index in [9.17, 15) is 0 Å². The minimum atomic E-state index is 0.607. The van der Waals surface area contributed by atoms with Crippen LogP contribution in [0.3, 0.4) is 0 Å². The Kier molecular flexibility index (Phi) is 3.94. The predicted octanol–water partition coefficient (Wildman–Crippen LogP) is 2.32. The van der Waals surface area contributed by atoms with Gasteiger partial charge in [0.15, 0.2) is 0 Å². The summed E-state index contributed by atoms with van der Waals surface area (Å²) in [5.41, 5.74) is 9.78. The molecule has 0 unspecified atom stereocenters. The summed E-state index contributed by atoms with van der Waals surface area (Å²) < 4.78 is 7.29. The van der Waals surface area contributed by atoms with Gasteiger partial charge in [-0.25, -0.2) is 0 Å². The van der Waals surface area contributed by atoms with E-state index in [-0.39, 0.29) is 0 Å². The average molecular weight is 260 g/mol. The largest absolute Gasteiger partial charge is 0.492 e. The van der Waals surface area contributed by atoms with Crippen LogP contribution in [0.25, 0.3) is 0 Å². The van der Waals surface area contributed by atoms with Crippen molar-refractivity contribution in [3.05, 3.63) is 35.7 Å². The van der Waals surface area contributed by atoms with Gasteiger partial charge in [-0.3, -0.25) is 4.68 Å². The number of nitrogen functional groups attached to an aromatic ring is 1. The van der Waals surface area contributed by atoms with Crippen LogP contribution in [0.2, 0.25) is 0 Å². The number of nitrogens with two attached hydrogens (primary N) is 1. The van der Waals surface area contributed by atoms with Gasteiger partial charge >= 0.3 is 0 Å². The number of aromatic nitrogens is 2. The van der Waals surface area contributed by atoms with Crippen molar-refractivity contribution in [2.45, 2.75) is 20.4 Å². The lowest BCUT2D eigenvalue weighted by molar-refractivity contribution is 0.342. The maximum atomic E-state index is 6.07. The summed E-state index contributed by atoms with van der Waals surface area (Å²) in [7, 11) is 1.92. The first-order valence-corrected chi connectivity index (χ1v) is 6.36. The van der Waals surface area contributed by atoms with Crippen LogP contribution in [-0.2, 0) is 13.6 Å². The monoisotopic (exact) mass is 260 g/mol. The molecule has 0 atom stereocenters. The minimum absolute atomic E-state index is 0.607. The maximum Gasteiger partial charge on any atom is 0.144 e. The van der Waals surface area contributed by atoms with Gasteiger partial charge in [0.05, 0.1) is 23.7 Å². The Morgan fingerprint density at radius 1 is 1.42 bits per heavy atom. The van der Waals surface area contributed by atoms with Gasteiger partial charge in [-0.1, -0.05) is 6.07 Å². The van der Waals surface area contributed by atoms with Crippen LogP contribution in [0.1, 0.15) is 18.2 Å². The van der Waals surface area contributed by atoms with E-state index in [0.29, 0.717) is 18.8 Å². The first-order valence-electron chi connectivity index (χ1n) is 6.36. The summed E-state index contributed by atoms with van der Waals surface area (Å²) >= 11 is 0. The molecule has 3 N–H and O–H groups in total. The SMILES string of the molecule is CCOc1cccc(NCc2cn(C)nc2C)c1N. The van der Waals surface area contributed by atoms with Gasteiger partial charge < -0.3 is 15.8 Å². The Hall–Kier alpha value is -2.17. The highest BCUT2D eigenvalue weighted by Gasteiger charge is 2.07. The molecule has 0 aliphatic carbocycles. The van der Waals surface area contributed by atoms with Crippen molar-refractivity contribution in [2.75, 3.05) is 17.7 Å². The van der Waals surface area contributed by atoms with Gasteiger partial charge in [-0.15, -0.1) is 0 Å². The molecule has 19 heavy (non-hydrogen) atoms. The number of ether oxygens (including phenoxy) is 1. The number of anilines is 2. The predicted molar refractivity (Wildman–Crippen MR) is 77.3 cm³/mol. The highest BCUT2D eigenvalue weighted by Crippen LogP contribution is 2.29. The highest BCUT2D eigenvalue weighted by atomic mass is 16.5. The van der Waals surface area contributed by atoms with Crippen LogP contribution in [-0.4, -0.2) is 16.4 Å². The summed E-state index contributed by atoms with van der Waals surface area (Å²) in [6.45, 7) is 5.24. The van der Waals surface area contributed by atoms with Gasteiger partial charge in [0.1, 0.15) is 5.75 Å². The minimum Gasteiger partial charge on any atom is -0.492 e. The number of hydrogen-bond donors (Lipinski definition) is 2. The zero-order chi connectivity index (χ0) is 13.8. The van der Waals surface area contributed by atoms with Crippen molar-refractivity contribution >= 4 is 11.4 Å². The molecule has 102 valence electrons. The lowest BCUT2D eigenvalue weighted by atomic mass is 10.2. The molecule has 0 saturated carbocycles. The summed E-state index contributed by atoms with van der Waals surface area (Å²) in [4.78, 5) is 0. The van der Waals surface area contributed by atoms with Gasteiger partial charge in [0, 0.05) is 25.4 Å². The Bertz CT molecular complexity index is 563. The van der Waals surface area contributed by atoms with Crippen molar-refractivity contribution in [1.29, 1.82) is 0 Å². The molecule has 0 bridgehead atoms. The standard InChI is InChI=1S/C14H20N4O/c1-4-19-13-7-5-6-12(14(13)15)16-8-11-9-18(3)17-10(11)2/h5-7,9,16H,4,8,15H2,1-3H3. The number of rotatable bonds is 5. The molecule has 0 radical (unpaired) electrons. The molecule has 1 heterocycles. The molecule has 0 fully saturated rings. The smallest absolute Gasteiger partial charge is 0.144 e. The third-order valence-corrected chi connectivity index (χ3v) is 2.95. The second-order valence-corrected chi connectivity index (χ2v) is 4.42. The first-order chi connectivity index (χ1) is 9.11. The molecule has 0 spiro atoms. The molecule has 0 aliphatic rings. The number of nitrogens with one attached hydrogen (secondary N) is 1. The molecular formula is C14H20N4O. The third-order valence-electron chi connectivity index (χ3n) is 2.95. The van der Waals surface area contributed by atoms with E-state index >= 15 is 0 Å². The quantitative estimate of drug-likeness (QED) is 0.810. The van der Waals surface area contributed by atoms with Crippen molar-refractivity contribution in [3.63, 3.8) is 0 Å². The number of benzene rings is 1. The van der Waals surface area contributed by atoms with Gasteiger partial charge in [-0.2, -0.15) is 5.10 Å². The van der Waals surface area contributed by atoms with Crippen molar-refractivity contribution in [1.82, 2.24) is 9.78 Å². The molecular weight excluding hydrogens is 240 g/mol. The van der Waals surface area contributed by atoms with E-state index < -0.39 is 0 Å². The summed E-state index contributed by atoms with van der Waals surface area (Å²) in [6, 6.07) is 5.75. The van der Waals surface area contributed by atoms with E-state index in [2.05, 4.69) is 10.4 Å². The summed E-state index contributed by atoms with van der Waals surface area (Å²) in [6.07, 6.45) is 2.00. The average Bonchev–Trinajstić information content (AvgIpc) is 2.69. The topological polar surface area (TPSA) is 65.1 Å². The Labute approximate surface area is 113 Å². The van der Waals surface area contributed by atoms with Crippen LogP contribution < -0.4 is 15.8 Å². The zero-order valence-corrected chi connectivity index (χ0v) is 11.6. The lowest BCUT2D eigenvalue weighted by Gasteiger charge is -2.12. The van der Waals surface area contributed by atoms with E-state index in [1.165, 1.54) is 0 Å². The van der Waals surface area contributed by atoms with E-state index in [1.807, 2.05) is 50.0 Å². The van der Waals surface area contributed by atoms with Crippen LogP contribution >= 0.6 is 0 Å². The Morgan fingerprint density at radius 3 is 2.84 bits per heavy atom. The molecule has 5 nitrogen and oxygen atoms in total. The fourth-order valence-corrected chi connectivity index (χ4v) is 1.99. The second kappa shape index (κ2) is 5.65. The third kappa shape index (κ3) is 2.99. The number of para-hydroxylation sites is 1. The molecule has 1 aromatic carbocycles. The molecule has 1 aromatic heterocycles. The Morgan fingerprint density at radius 2 is 2.21 bits per heavy atom. The summed E-state index contributed by atoms with van der Waals surface area (Å²) in [5, 5.41) is 7.64. The summed E-state index contributed by atoms with van der Waals surface area (Å²) in [5.74, 6) is 0.718. The molecule has 0 saturated heterocycles. The van der Waals surface area contributed by atoms with Crippen molar-refractivity contribution in [3.8, 4) is 5.75 Å². The highest BCUT2D eigenvalue weighted by molar-refractivity contribution is 5.72. The van der Waals surface area contributed by atoms with Crippen LogP contribution in [0.15, 0.2) is 24.4 Å². The second-order valence-electron chi connectivity index (χ2n) is 4.42. The lowest BCUT2D eigenvalue weighted by Crippen LogP contribution is -2.05. The van der Waals surface area contributed by atoms with Crippen molar-refractivity contribution in [2.24, 2.45) is 7.05 Å². The molecule has 0 aliphatic heterocycles. The molecule has 2 rings (SSSR count). The number of hydrogen-bond acceptors (Lipinski definition) is 4. The maximum absolute atomic E-state index is 6.07. The van der Waals surface area contributed by atoms with Crippen LogP contribution in [0, 0.1) is 6.92 Å². The fraction of sp³-hybridized carbons (Fsp3) is 0.357. The van der Waals surface area contributed by atoms with Crippen molar-refractivity contribution < 1.29 is 4.74 Å². The van der Waals surface area contributed by atoms with E-state index in [4.69, 9.17) is 10.5 Å². The number of nitrogens with zero attached hydrogens (tertiary/aromatic N) is 2. The van der Waals surface area contributed by atoms with Crippen LogP contribution in [0.4, 0.5) is 11.4 Å². The zero-order valence-electron chi connectivity index (χ0n) is 11.6. The number of aryl methyl sites for hydroxylation is 2. The first kappa shape index (κ1) is 13.3. The van der Waals surface area contributed by atoms with Crippen LogP contribution in [0.5, 0.6) is 5.75 Å². The molecule has 5 heteroatoms. The fourth-order valence-electron chi connectivity index (χ4n) is 1.99. The molecule has 0 amide bonds. The Balaban J connectivity index is 2.11. The van der Waals surface area contributed by atoms with Gasteiger partial charge in [0.2, 0.25) is 0 Å². The van der Waals surface area contributed by atoms with E-state index in [1.54, 1.807) is 0 Å². The van der Waals surface area contributed by atoms with Gasteiger partial charge in [-0.05, 0) is 26.0 Å².